The highest BCUT2D eigenvalue weighted by atomic mass is 35.5. The number of ether oxygens (including phenoxy) is 1. The summed E-state index contributed by atoms with van der Waals surface area (Å²) in [5.74, 6) is 1.29. The van der Waals surface area contributed by atoms with E-state index in [0.717, 1.165) is 19.3 Å². The minimum absolute atomic E-state index is 0.0231. The third-order valence-corrected chi connectivity index (χ3v) is 7.91. The summed E-state index contributed by atoms with van der Waals surface area (Å²) in [6.07, 6.45) is 4.01. The molecule has 1 saturated heterocycles. The van der Waals surface area contributed by atoms with Crippen LogP contribution in [-0.2, 0) is 16.8 Å². The molecule has 2 aromatic carbocycles. The first kappa shape index (κ1) is 21.4. The number of carbonyl (C=O) groups excluding carboxylic acids is 1. The highest BCUT2D eigenvalue weighted by Crippen LogP contribution is 2.42. The molecule has 0 unspecified atom stereocenters. The van der Waals surface area contributed by atoms with E-state index in [9.17, 15) is 13.8 Å². The van der Waals surface area contributed by atoms with Crippen LogP contribution in [0.15, 0.2) is 57.8 Å². The van der Waals surface area contributed by atoms with E-state index in [1.54, 1.807) is 18.2 Å². The van der Waals surface area contributed by atoms with Crippen molar-refractivity contribution in [3.63, 3.8) is 0 Å². The maximum Gasteiger partial charge on any atom is 0.277 e. The normalized spacial score (nSPS) is 15.4. The summed E-state index contributed by atoms with van der Waals surface area (Å²) in [6, 6.07) is 12.2. The first-order valence-corrected chi connectivity index (χ1v) is 12.2. The van der Waals surface area contributed by atoms with Gasteiger partial charge in [-0.3, -0.25) is 14.3 Å². The SMILES string of the molecule is Cn1[nH]cc(C(=O)c2ccc(Oc3ccccc3)c(N=S3(=O)CCCCC3)c2Cl)c1=O. The molecule has 0 amide bonds. The van der Waals surface area contributed by atoms with E-state index < -0.39 is 21.1 Å². The zero-order chi connectivity index (χ0) is 22.0. The molecule has 4 rings (SSSR count). The largest absolute Gasteiger partial charge is 0.455 e. The van der Waals surface area contributed by atoms with E-state index in [1.165, 1.54) is 24.0 Å². The number of benzene rings is 2. The van der Waals surface area contributed by atoms with Crippen molar-refractivity contribution in [2.24, 2.45) is 11.4 Å². The molecule has 1 aliphatic rings. The Hall–Kier alpha value is -2.84. The van der Waals surface area contributed by atoms with E-state index in [1.807, 2.05) is 18.2 Å². The Labute approximate surface area is 185 Å². The molecule has 0 spiro atoms. The molecule has 0 saturated carbocycles. The van der Waals surface area contributed by atoms with Gasteiger partial charge in [-0.2, -0.15) is 4.36 Å². The quantitative estimate of drug-likeness (QED) is 0.561. The Balaban J connectivity index is 1.85. The Bertz CT molecular complexity index is 1290. The van der Waals surface area contributed by atoms with Gasteiger partial charge in [-0.25, -0.2) is 4.21 Å². The lowest BCUT2D eigenvalue weighted by atomic mass is 10.0. The molecule has 0 bridgehead atoms. The summed E-state index contributed by atoms with van der Waals surface area (Å²) >= 11 is 6.63. The van der Waals surface area contributed by atoms with Crippen molar-refractivity contribution < 1.29 is 13.7 Å². The second kappa shape index (κ2) is 8.72. The number of nitrogens with zero attached hydrogens (tertiary/aromatic N) is 2. The van der Waals surface area contributed by atoms with Gasteiger partial charge < -0.3 is 9.84 Å². The predicted octanol–water partition coefficient (Wildman–Crippen LogP) is 4.67. The van der Waals surface area contributed by atoms with Crippen molar-refractivity contribution >= 4 is 32.8 Å². The molecule has 1 aromatic heterocycles. The van der Waals surface area contributed by atoms with Gasteiger partial charge in [0.1, 0.15) is 17.0 Å². The molecule has 0 radical (unpaired) electrons. The van der Waals surface area contributed by atoms with Crippen LogP contribution in [0.3, 0.4) is 0 Å². The maximum atomic E-state index is 13.3. The third kappa shape index (κ3) is 4.45. The van der Waals surface area contributed by atoms with Gasteiger partial charge in [-0.1, -0.05) is 36.2 Å². The predicted molar refractivity (Wildman–Crippen MR) is 121 cm³/mol. The molecule has 1 fully saturated rings. The number of aromatic amines is 1. The fraction of sp³-hybridized carbons (Fsp3) is 0.273. The topological polar surface area (TPSA) is 93.5 Å². The van der Waals surface area contributed by atoms with Crippen molar-refractivity contribution in [1.82, 2.24) is 9.78 Å². The lowest BCUT2D eigenvalue weighted by Gasteiger charge is -2.18. The van der Waals surface area contributed by atoms with Crippen LogP contribution in [0.4, 0.5) is 5.69 Å². The lowest BCUT2D eigenvalue weighted by molar-refractivity contribution is 0.103. The van der Waals surface area contributed by atoms with Crippen LogP contribution in [0.2, 0.25) is 5.02 Å². The smallest absolute Gasteiger partial charge is 0.277 e. The van der Waals surface area contributed by atoms with E-state index in [2.05, 4.69) is 9.46 Å². The molecule has 1 N–H and O–H groups in total. The maximum absolute atomic E-state index is 13.3. The lowest BCUT2D eigenvalue weighted by Crippen LogP contribution is -2.19. The number of ketones is 1. The summed E-state index contributed by atoms with van der Waals surface area (Å²) in [5, 5.41) is 2.71. The van der Waals surface area contributed by atoms with Gasteiger partial charge in [0, 0.05) is 30.3 Å². The van der Waals surface area contributed by atoms with Crippen LogP contribution in [-0.4, -0.2) is 31.3 Å². The Morgan fingerprint density at radius 2 is 1.81 bits per heavy atom. The van der Waals surface area contributed by atoms with Gasteiger partial charge in [0.2, 0.25) is 5.78 Å². The molecular formula is C22H22ClN3O4S. The molecule has 9 heteroatoms. The van der Waals surface area contributed by atoms with E-state index in [-0.39, 0.29) is 21.8 Å². The highest BCUT2D eigenvalue weighted by Gasteiger charge is 2.24. The fourth-order valence-corrected chi connectivity index (χ4v) is 6.01. The zero-order valence-electron chi connectivity index (χ0n) is 17.0. The number of hydrogen-bond donors (Lipinski definition) is 1. The first-order chi connectivity index (χ1) is 14.9. The monoisotopic (exact) mass is 459 g/mol. The van der Waals surface area contributed by atoms with Crippen LogP contribution in [0, 0.1) is 0 Å². The van der Waals surface area contributed by atoms with Crippen molar-refractivity contribution in [2.45, 2.75) is 19.3 Å². The number of nitrogens with one attached hydrogen (secondary N) is 1. The van der Waals surface area contributed by atoms with Gasteiger partial charge in [0.05, 0.1) is 14.8 Å². The summed E-state index contributed by atoms with van der Waals surface area (Å²) in [6.45, 7) is 0. The van der Waals surface area contributed by atoms with Crippen LogP contribution in [0.5, 0.6) is 11.5 Å². The van der Waals surface area contributed by atoms with Crippen LogP contribution in [0.1, 0.15) is 35.2 Å². The van der Waals surface area contributed by atoms with E-state index in [0.29, 0.717) is 23.0 Å². The number of halogens is 1. The summed E-state index contributed by atoms with van der Waals surface area (Å²) < 4.78 is 25.0. The molecular weight excluding hydrogens is 438 g/mol. The summed E-state index contributed by atoms with van der Waals surface area (Å²) in [5.41, 5.74) is -0.205. The average molecular weight is 460 g/mol. The Morgan fingerprint density at radius 1 is 1.10 bits per heavy atom. The Kier molecular flexibility index (Phi) is 6.02. The molecule has 1 aliphatic heterocycles. The molecule has 0 atom stereocenters. The molecule has 2 heterocycles. The molecule has 31 heavy (non-hydrogen) atoms. The van der Waals surface area contributed by atoms with Crippen molar-refractivity contribution in [1.29, 1.82) is 0 Å². The standard InChI is InChI=1S/C22H22ClN3O4S/c1-26-22(28)17(14-24-26)21(27)16-10-11-18(30-15-8-4-2-5-9-15)20(19(16)23)25-31(29)12-6-3-7-13-31/h2,4-5,8-11,14,24H,3,6-7,12-13H2,1H3. The van der Waals surface area contributed by atoms with Crippen LogP contribution < -0.4 is 10.3 Å². The molecule has 3 aromatic rings. The third-order valence-electron chi connectivity index (χ3n) is 5.16. The number of rotatable bonds is 5. The van der Waals surface area contributed by atoms with E-state index >= 15 is 0 Å². The first-order valence-electron chi connectivity index (χ1n) is 9.95. The fourth-order valence-electron chi connectivity index (χ4n) is 3.47. The van der Waals surface area contributed by atoms with Crippen LogP contribution in [0.25, 0.3) is 0 Å². The average Bonchev–Trinajstić information content (AvgIpc) is 3.10. The van der Waals surface area contributed by atoms with Gasteiger partial charge in [0.25, 0.3) is 5.56 Å². The number of H-pyrrole nitrogens is 1. The van der Waals surface area contributed by atoms with Crippen molar-refractivity contribution in [3.8, 4) is 11.5 Å². The summed E-state index contributed by atoms with van der Waals surface area (Å²) in [4.78, 5) is 25.3. The van der Waals surface area contributed by atoms with E-state index in [4.69, 9.17) is 16.3 Å². The van der Waals surface area contributed by atoms with Gasteiger partial charge in [-0.15, -0.1) is 0 Å². The minimum atomic E-state index is -2.51. The second-order valence-corrected chi connectivity index (χ2v) is 10.3. The number of carbonyl (C=O) groups is 1. The number of aryl methyl sites for hydroxylation is 1. The molecule has 7 nitrogen and oxygen atoms in total. The Morgan fingerprint density at radius 3 is 2.45 bits per heavy atom. The number of hydrogen-bond acceptors (Lipinski definition) is 5. The molecule has 162 valence electrons. The van der Waals surface area contributed by atoms with Crippen molar-refractivity contribution in [3.05, 3.63) is 75.2 Å². The van der Waals surface area contributed by atoms with Crippen LogP contribution >= 0.6 is 11.6 Å². The highest BCUT2D eigenvalue weighted by molar-refractivity contribution is 7.93. The minimum Gasteiger partial charge on any atom is -0.455 e. The number of para-hydroxylation sites is 1. The zero-order valence-corrected chi connectivity index (χ0v) is 18.5. The van der Waals surface area contributed by atoms with Gasteiger partial charge in [0.15, 0.2) is 5.75 Å². The summed E-state index contributed by atoms with van der Waals surface area (Å²) in [7, 11) is -0.995. The van der Waals surface area contributed by atoms with Gasteiger partial charge >= 0.3 is 0 Å². The molecule has 0 aliphatic carbocycles. The van der Waals surface area contributed by atoms with Gasteiger partial charge in [-0.05, 0) is 37.1 Å². The second-order valence-electron chi connectivity index (χ2n) is 7.40. The number of aromatic nitrogens is 2. The van der Waals surface area contributed by atoms with Crippen molar-refractivity contribution in [2.75, 3.05) is 11.5 Å².